The van der Waals surface area contributed by atoms with Crippen molar-refractivity contribution in [1.29, 1.82) is 0 Å². The van der Waals surface area contributed by atoms with Crippen LogP contribution in [0.15, 0.2) is 72.8 Å². The average Bonchev–Trinajstić information content (AvgIpc) is 3.30. The first-order valence-corrected chi connectivity index (χ1v) is 13.0. The van der Waals surface area contributed by atoms with Gasteiger partial charge in [-0.2, -0.15) is 5.10 Å². The van der Waals surface area contributed by atoms with Gasteiger partial charge >= 0.3 is 6.03 Å². The van der Waals surface area contributed by atoms with Crippen molar-refractivity contribution < 1.29 is 9.59 Å². The molecule has 1 heterocycles. The second kappa shape index (κ2) is 12.2. The number of rotatable bonds is 8. The van der Waals surface area contributed by atoms with Crippen LogP contribution in [0.5, 0.6) is 0 Å². The molecular weight excluding hydrogens is 521 g/mol. The minimum absolute atomic E-state index is 0.156. The number of nitrogens with one attached hydrogen (secondary N) is 2. The molecule has 1 aromatic heterocycles. The van der Waals surface area contributed by atoms with Crippen molar-refractivity contribution in [2.45, 2.75) is 27.2 Å². The Morgan fingerprint density at radius 3 is 2.42 bits per heavy atom. The lowest BCUT2D eigenvalue weighted by molar-refractivity contribution is -0.116. The first-order valence-electron chi connectivity index (χ1n) is 12.3. The van der Waals surface area contributed by atoms with Crippen molar-refractivity contribution in [2.75, 3.05) is 23.7 Å². The Hall–Kier alpha value is -3.81. The molecule has 3 aromatic carbocycles. The number of aromatic nitrogens is 2. The van der Waals surface area contributed by atoms with Gasteiger partial charge in [-0.05, 0) is 44.0 Å². The third-order valence-corrected chi connectivity index (χ3v) is 6.75. The van der Waals surface area contributed by atoms with Gasteiger partial charge in [-0.15, -0.1) is 0 Å². The third kappa shape index (κ3) is 6.36. The zero-order valence-electron chi connectivity index (χ0n) is 21.5. The normalized spacial score (nSPS) is 10.8. The maximum absolute atomic E-state index is 13.2. The predicted octanol–water partition coefficient (Wildman–Crippen LogP) is 7.35. The van der Waals surface area contributed by atoms with Gasteiger partial charge < -0.3 is 15.5 Å². The molecule has 3 amide bonds. The second-order valence-electron chi connectivity index (χ2n) is 8.98. The number of halogens is 2. The van der Waals surface area contributed by atoms with Gasteiger partial charge in [0.05, 0.1) is 27.1 Å². The van der Waals surface area contributed by atoms with Crippen LogP contribution in [0.4, 0.5) is 16.3 Å². The fourth-order valence-electron chi connectivity index (χ4n) is 4.12. The van der Waals surface area contributed by atoms with Crippen LogP contribution in [0, 0.1) is 13.8 Å². The molecule has 0 atom stereocenters. The van der Waals surface area contributed by atoms with Gasteiger partial charge in [0.15, 0.2) is 0 Å². The van der Waals surface area contributed by atoms with Gasteiger partial charge in [-0.25, -0.2) is 9.48 Å². The molecule has 0 spiro atoms. The molecule has 4 rings (SSSR count). The Morgan fingerprint density at radius 2 is 1.71 bits per heavy atom. The molecular formula is C29H29Cl2N5O2. The molecule has 38 heavy (non-hydrogen) atoms. The highest BCUT2D eigenvalue weighted by molar-refractivity contribution is 6.44. The summed E-state index contributed by atoms with van der Waals surface area (Å²) in [5.74, 6) is 0.159. The molecule has 0 aliphatic heterocycles. The summed E-state index contributed by atoms with van der Waals surface area (Å²) in [7, 11) is 0. The summed E-state index contributed by atoms with van der Waals surface area (Å²) < 4.78 is 1.73. The van der Waals surface area contributed by atoms with Crippen LogP contribution in [-0.2, 0) is 4.79 Å². The molecule has 0 saturated heterocycles. The Bertz CT molecular complexity index is 1450. The van der Waals surface area contributed by atoms with Gasteiger partial charge in [0, 0.05) is 18.2 Å². The molecule has 196 valence electrons. The lowest BCUT2D eigenvalue weighted by atomic mass is 10.1. The first kappa shape index (κ1) is 27.2. The van der Waals surface area contributed by atoms with Crippen LogP contribution in [0.3, 0.4) is 0 Å². The molecule has 0 bridgehead atoms. The van der Waals surface area contributed by atoms with Gasteiger partial charge in [0.1, 0.15) is 12.4 Å². The third-order valence-electron chi connectivity index (χ3n) is 5.94. The van der Waals surface area contributed by atoms with Crippen LogP contribution >= 0.6 is 23.2 Å². The number of hydrogen-bond donors (Lipinski definition) is 2. The fraction of sp³-hybridized carbons (Fsp3) is 0.207. The van der Waals surface area contributed by atoms with Crippen molar-refractivity contribution >= 4 is 46.6 Å². The summed E-state index contributed by atoms with van der Waals surface area (Å²) in [6.07, 6.45) is 0.669. The monoisotopic (exact) mass is 549 g/mol. The van der Waals surface area contributed by atoms with E-state index in [1.165, 1.54) is 4.90 Å². The highest BCUT2D eigenvalue weighted by atomic mass is 35.5. The van der Waals surface area contributed by atoms with Crippen molar-refractivity contribution in [2.24, 2.45) is 0 Å². The van der Waals surface area contributed by atoms with Crippen molar-refractivity contribution in [3.8, 4) is 16.9 Å². The lowest BCUT2D eigenvalue weighted by Crippen LogP contribution is -2.41. The van der Waals surface area contributed by atoms with Crippen LogP contribution < -0.4 is 10.6 Å². The number of urea groups is 1. The van der Waals surface area contributed by atoms with Crippen LogP contribution in [0.1, 0.15) is 24.5 Å². The quantitative estimate of drug-likeness (QED) is 0.241. The second-order valence-corrected chi connectivity index (χ2v) is 9.77. The Morgan fingerprint density at radius 1 is 0.947 bits per heavy atom. The molecule has 2 N–H and O–H groups in total. The van der Waals surface area contributed by atoms with E-state index in [1.54, 1.807) is 22.9 Å². The van der Waals surface area contributed by atoms with Gasteiger partial charge in [0.2, 0.25) is 5.91 Å². The summed E-state index contributed by atoms with van der Waals surface area (Å²) in [4.78, 5) is 27.7. The van der Waals surface area contributed by atoms with Crippen LogP contribution in [0.25, 0.3) is 16.9 Å². The smallest absolute Gasteiger partial charge is 0.315 e. The number of amides is 3. The molecule has 0 saturated carbocycles. The Balaban J connectivity index is 1.58. The largest absolute Gasteiger partial charge is 0.322 e. The Labute approximate surface area is 232 Å². The number of nitrogens with zero attached hydrogens (tertiary/aromatic N) is 3. The molecule has 0 aliphatic carbocycles. The highest BCUT2D eigenvalue weighted by Crippen LogP contribution is 2.30. The van der Waals surface area contributed by atoms with E-state index < -0.39 is 6.03 Å². The van der Waals surface area contributed by atoms with E-state index in [-0.39, 0.29) is 17.5 Å². The van der Waals surface area contributed by atoms with E-state index in [9.17, 15) is 9.59 Å². The van der Waals surface area contributed by atoms with Crippen molar-refractivity contribution in [1.82, 2.24) is 14.7 Å². The maximum Gasteiger partial charge on any atom is 0.322 e. The zero-order valence-corrected chi connectivity index (χ0v) is 23.0. The van der Waals surface area contributed by atoms with E-state index in [2.05, 4.69) is 16.7 Å². The zero-order chi connectivity index (χ0) is 27.2. The number of carbonyl (C=O) groups is 2. The predicted molar refractivity (Wildman–Crippen MR) is 154 cm³/mol. The van der Waals surface area contributed by atoms with Crippen LogP contribution in [-0.4, -0.2) is 39.7 Å². The van der Waals surface area contributed by atoms with E-state index in [1.807, 2.05) is 69.3 Å². The summed E-state index contributed by atoms with van der Waals surface area (Å²) >= 11 is 12.3. The molecule has 9 heteroatoms. The minimum atomic E-state index is -0.445. The fourth-order valence-corrected chi connectivity index (χ4v) is 4.47. The number of hydrogen-bond acceptors (Lipinski definition) is 3. The molecule has 0 unspecified atom stereocenters. The van der Waals surface area contributed by atoms with Gasteiger partial charge in [-0.3, -0.25) is 4.79 Å². The average molecular weight is 550 g/mol. The summed E-state index contributed by atoms with van der Waals surface area (Å²) in [6.45, 7) is 6.19. The Kier molecular flexibility index (Phi) is 8.71. The van der Waals surface area contributed by atoms with Gasteiger partial charge in [0.25, 0.3) is 0 Å². The standard InChI is InChI=1S/C29H29Cl2N5O2/c1-4-15-35(29(38)32-23-12-8-11-22(30)28(23)31)18-27(37)33-26-17-24(21-9-6-5-7-10-21)34-36(26)25-14-13-19(2)16-20(25)3/h5-14,16-17H,4,15,18H2,1-3H3,(H,32,38)(H,33,37). The van der Waals surface area contributed by atoms with E-state index >= 15 is 0 Å². The summed E-state index contributed by atoms with van der Waals surface area (Å²) in [5, 5.41) is 11.1. The van der Waals surface area contributed by atoms with E-state index in [4.69, 9.17) is 28.3 Å². The highest BCUT2D eigenvalue weighted by Gasteiger charge is 2.21. The number of carbonyl (C=O) groups excluding carboxylic acids is 2. The van der Waals surface area contributed by atoms with E-state index in [0.29, 0.717) is 29.5 Å². The molecule has 7 nitrogen and oxygen atoms in total. The summed E-state index contributed by atoms with van der Waals surface area (Å²) in [6, 6.07) is 22.2. The SMILES string of the molecule is CCCN(CC(=O)Nc1cc(-c2ccccc2)nn1-c1ccc(C)cc1C)C(=O)Nc1cccc(Cl)c1Cl. The number of aryl methyl sites for hydroxylation is 2. The van der Waals surface area contributed by atoms with Crippen LogP contribution in [0.2, 0.25) is 10.0 Å². The van der Waals surface area contributed by atoms with Crippen molar-refractivity contribution in [3.05, 3.63) is 94.0 Å². The molecule has 0 radical (unpaired) electrons. The maximum atomic E-state index is 13.2. The van der Waals surface area contributed by atoms with Crippen molar-refractivity contribution in [3.63, 3.8) is 0 Å². The molecule has 4 aromatic rings. The topological polar surface area (TPSA) is 79.3 Å². The first-order chi connectivity index (χ1) is 18.3. The number of benzene rings is 3. The number of anilines is 2. The lowest BCUT2D eigenvalue weighted by Gasteiger charge is -2.22. The summed E-state index contributed by atoms with van der Waals surface area (Å²) in [5.41, 5.74) is 5.04. The van der Waals surface area contributed by atoms with E-state index in [0.717, 1.165) is 28.1 Å². The molecule has 0 aliphatic rings. The van der Waals surface area contributed by atoms with Gasteiger partial charge in [-0.1, -0.05) is 84.2 Å². The molecule has 0 fully saturated rings. The minimum Gasteiger partial charge on any atom is -0.315 e.